The van der Waals surface area contributed by atoms with Gasteiger partial charge >= 0.3 is 0 Å². The number of nitrogens with one attached hydrogen (secondary N) is 2. The predicted octanol–water partition coefficient (Wildman–Crippen LogP) is 2.53. The first-order valence-corrected chi connectivity index (χ1v) is 8.25. The van der Waals surface area contributed by atoms with Crippen LogP contribution in [0.5, 0.6) is 11.5 Å². The molecule has 0 aliphatic carbocycles. The van der Waals surface area contributed by atoms with E-state index in [9.17, 15) is 14.9 Å². The SMILES string of the molecule is COc1cc(C=C2NC(=S)NC2=O)ccc1OCc1cccc([N+](=O)[O-])c1. The number of ether oxygens (including phenoxy) is 2. The van der Waals surface area contributed by atoms with Gasteiger partial charge in [0, 0.05) is 12.1 Å². The molecule has 1 aliphatic heterocycles. The van der Waals surface area contributed by atoms with E-state index < -0.39 is 4.92 Å². The fourth-order valence-electron chi connectivity index (χ4n) is 2.46. The van der Waals surface area contributed by atoms with Crippen molar-refractivity contribution in [3.8, 4) is 11.5 Å². The molecule has 0 spiro atoms. The summed E-state index contributed by atoms with van der Waals surface area (Å²) in [5.41, 5.74) is 1.73. The number of nitro benzene ring substituents is 1. The van der Waals surface area contributed by atoms with Crippen molar-refractivity contribution in [1.82, 2.24) is 10.6 Å². The van der Waals surface area contributed by atoms with Crippen LogP contribution in [0.3, 0.4) is 0 Å². The number of hydrogen-bond acceptors (Lipinski definition) is 6. The third-order valence-corrected chi connectivity index (χ3v) is 3.94. The number of carbonyl (C=O) groups is 1. The Morgan fingerprint density at radius 2 is 2.00 bits per heavy atom. The zero-order valence-corrected chi connectivity index (χ0v) is 15.0. The number of hydrogen-bond donors (Lipinski definition) is 2. The Hall–Kier alpha value is -3.46. The molecule has 138 valence electrons. The average molecular weight is 385 g/mol. The molecule has 0 atom stereocenters. The maximum absolute atomic E-state index is 11.7. The van der Waals surface area contributed by atoms with Gasteiger partial charge in [-0.15, -0.1) is 0 Å². The van der Waals surface area contributed by atoms with Gasteiger partial charge in [0.05, 0.1) is 12.0 Å². The van der Waals surface area contributed by atoms with E-state index in [1.54, 1.807) is 36.4 Å². The first kappa shape index (κ1) is 18.3. The molecule has 1 fully saturated rings. The quantitative estimate of drug-likeness (QED) is 0.341. The standard InChI is InChI=1S/C18H15N3O5S/c1-25-16-9-11(8-14-17(22)20-18(27)19-14)5-6-15(16)26-10-12-3-2-4-13(7-12)21(23)24/h2-9H,10H2,1H3,(H2,19,20,22,27). The number of methoxy groups -OCH3 is 1. The lowest BCUT2D eigenvalue weighted by atomic mass is 10.1. The minimum absolute atomic E-state index is 0.00490. The Morgan fingerprint density at radius 3 is 2.67 bits per heavy atom. The first-order valence-electron chi connectivity index (χ1n) is 7.84. The van der Waals surface area contributed by atoms with Crippen LogP contribution in [0.2, 0.25) is 0 Å². The molecule has 1 amide bonds. The van der Waals surface area contributed by atoms with Crippen molar-refractivity contribution < 1.29 is 19.2 Å². The van der Waals surface area contributed by atoms with E-state index in [1.165, 1.54) is 19.2 Å². The number of carbonyl (C=O) groups excluding carboxylic acids is 1. The zero-order chi connectivity index (χ0) is 19.4. The molecule has 9 heteroatoms. The monoisotopic (exact) mass is 385 g/mol. The Balaban J connectivity index is 1.76. The lowest BCUT2D eigenvalue weighted by Crippen LogP contribution is -2.21. The van der Waals surface area contributed by atoms with Gasteiger partial charge < -0.3 is 14.8 Å². The van der Waals surface area contributed by atoms with Crippen molar-refractivity contribution in [1.29, 1.82) is 0 Å². The van der Waals surface area contributed by atoms with Crippen molar-refractivity contribution in [3.63, 3.8) is 0 Å². The minimum atomic E-state index is -0.453. The molecule has 1 heterocycles. The number of nitro groups is 1. The van der Waals surface area contributed by atoms with Gasteiger partial charge in [-0.2, -0.15) is 0 Å². The number of amides is 1. The molecule has 1 saturated heterocycles. The van der Waals surface area contributed by atoms with Gasteiger partial charge in [0.2, 0.25) is 0 Å². The van der Waals surface area contributed by atoms with Gasteiger partial charge in [-0.25, -0.2) is 0 Å². The smallest absolute Gasteiger partial charge is 0.273 e. The van der Waals surface area contributed by atoms with E-state index >= 15 is 0 Å². The zero-order valence-electron chi connectivity index (χ0n) is 14.2. The van der Waals surface area contributed by atoms with Crippen LogP contribution in [0, 0.1) is 10.1 Å². The van der Waals surface area contributed by atoms with Crippen molar-refractivity contribution in [3.05, 3.63) is 69.4 Å². The van der Waals surface area contributed by atoms with E-state index in [4.69, 9.17) is 21.7 Å². The molecule has 0 unspecified atom stereocenters. The maximum Gasteiger partial charge on any atom is 0.273 e. The van der Waals surface area contributed by atoms with Crippen LogP contribution in [0.25, 0.3) is 6.08 Å². The highest BCUT2D eigenvalue weighted by Crippen LogP contribution is 2.30. The maximum atomic E-state index is 11.7. The molecule has 0 radical (unpaired) electrons. The number of non-ortho nitro benzene ring substituents is 1. The minimum Gasteiger partial charge on any atom is -0.493 e. The Morgan fingerprint density at radius 1 is 1.19 bits per heavy atom. The summed E-state index contributed by atoms with van der Waals surface area (Å²) in [6.45, 7) is 0.150. The second-order valence-electron chi connectivity index (χ2n) is 5.59. The summed E-state index contributed by atoms with van der Waals surface area (Å²) < 4.78 is 11.1. The van der Waals surface area contributed by atoms with Crippen LogP contribution in [0.1, 0.15) is 11.1 Å². The van der Waals surface area contributed by atoms with Gasteiger partial charge in [0.1, 0.15) is 12.3 Å². The highest BCUT2D eigenvalue weighted by atomic mass is 32.1. The van der Waals surface area contributed by atoms with Crippen LogP contribution in [0.15, 0.2) is 48.2 Å². The topological polar surface area (TPSA) is 103 Å². The van der Waals surface area contributed by atoms with Crippen molar-refractivity contribution >= 4 is 35.0 Å². The second kappa shape index (κ2) is 7.83. The molecule has 0 aromatic heterocycles. The van der Waals surface area contributed by atoms with Gasteiger partial charge in [-0.3, -0.25) is 20.2 Å². The number of rotatable bonds is 6. The lowest BCUT2D eigenvalue weighted by Gasteiger charge is -2.11. The van der Waals surface area contributed by atoms with Gasteiger partial charge in [-0.1, -0.05) is 18.2 Å². The molecule has 27 heavy (non-hydrogen) atoms. The molecule has 2 aromatic carbocycles. The summed E-state index contributed by atoms with van der Waals surface area (Å²) in [6, 6.07) is 11.4. The summed E-state index contributed by atoms with van der Waals surface area (Å²) in [5, 5.41) is 16.4. The summed E-state index contributed by atoms with van der Waals surface area (Å²) in [4.78, 5) is 22.1. The number of nitrogens with zero attached hydrogens (tertiary/aromatic N) is 1. The van der Waals surface area contributed by atoms with Crippen LogP contribution in [-0.2, 0) is 11.4 Å². The largest absolute Gasteiger partial charge is 0.493 e. The summed E-state index contributed by atoms with van der Waals surface area (Å²) >= 11 is 4.89. The van der Waals surface area contributed by atoms with Gasteiger partial charge in [-0.05, 0) is 41.6 Å². The molecule has 0 bridgehead atoms. The van der Waals surface area contributed by atoms with Crippen LogP contribution >= 0.6 is 12.2 Å². The summed E-state index contributed by atoms with van der Waals surface area (Å²) in [5.74, 6) is 0.645. The first-order chi connectivity index (χ1) is 13.0. The average Bonchev–Trinajstić information content (AvgIpc) is 2.97. The van der Waals surface area contributed by atoms with Crippen molar-refractivity contribution in [2.75, 3.05) is 7.11 Å². The predicted molar refractivity (Wildman–Crippen MR) is 102 cm³/mol. The van der Waals surface area contributed by atoms with E-state index in [0.29, 0.717) is 22.8 Å². The molecular formula is C18H15N3O5S. The fourth-order valence-corrected chi connectivity index (χ4v) is 2.67. The van der Waals surface area contributed by atoms with E-state index in [1.807, 2.05) is 0 Å². The van der Waals surface area contributed by atoms with Crippen LogP contribution in [-0.4, -0.2) is 23.1 Å². The van der Waals surface area contributed by atoms with Crippen LogP contribution in [0.4, 0.5) is 5.69 Å². The van der Waals surface area contributed by atoms with Crippen LogP contribution < -0.4 is 20.1 Å². The normalized spacial score (nSPS) is 14.6. The number of benzene rings is 2. The molecular weight excluding hydrogens is 370 g/mol. The van der Waals surface area contributed by atoms with Crippen molar-refractivity contribution in [2.45, 2.75) is 6.61 Å². The van der Waals surface area contributed by atoms with Gasteiger partial charge in [0.25, 0.3) is 11.6 Å². The molecule has 8 nitrogen and oxygen atoms in total. The second-order valence-corrected chi connectivity index (χ2v) is 6.00. The molecule has 3 rings (SSSR count). The third kappa shape index (κ3) is 4.39. The van der Waals surface area contributed by atoms with E-state index in [2.05, 4.69) is 10.6 Å². The van der Waals surface area contributed by atoms with E-state index in [0.717, 1.165) is 5.56 Å². The van der Waals surface area contributed by atoms with Crippen molar-refractivity contribution in [2.24, 2.45) is 0 Å². The number of thiocarbonyl (C=S) groups is 1. The Bertz CT molecular complexity index is 958. The fraction of sp³-hybridized carbons (Fsp3) is 0.111. The molecule has 2 N–H and O–H groups in total. The van der Waals surface area contributed by atoms with E-state index in [-0.39, 0.29) is 23.3 Å². The Kier molecular flexibility index (Phi) is 5.32. The third-order valence-electron chi connectivity index (χ3n) is 3.73. The summed E-state index contributed by atoms with van der Waals surface area (Å²) in [7, 11) is 1.50. The lowest BCUT2D eigenvalue weighted by molar-refractivity contribution is -0.384. The molecule has 0 saturated carbocycles. The van der Waals surface area contributed by atoms with Gasteiger partial charge in [0.15, 0.2) is 16.6 Å². The highest BCUT2D eigenvalue weighted by Gasteiger charge is 2.20. The Labute approximate surface area is 159 Å². The molecule has 2 aromatic rings. The highest BCUT2D eigenvalue weighted by molar-refractivity contribution is 7.80. The molecule has 1 aliphatic rings. The summed E-state index contributed by atoms with van der Waals surface area (Å²) in [6.07, 6.45) is 1.64.